The molecule has 2 heterocycles. The molecule has 8 heteroatoms. The number of aromatic nitrogens is 1. The number of hydrogen-bond donors (Lipinski definition) is 0. The van der Waals surface area contributed by atoms with Crippen LogP contribution >= 0.6 is 15.9 Å². The summed E-state index contributed by atoms with van der Waals surface area (Å²) in [5.74, 6) is -0.189. The number of nitrogens with zero attached hydrogens (tertiary/aromatic N) is 2. The van der Waals surface area contributed by atoms with E-state index in [4.69, 9.17) is 9.47 Å². The predicted octanol–water partition coefficient (Wildman–Crippen LogP) is 6.85. The first-order chi connectivity index (χ1) is 18.4. The highest BCUT2D eigenvalue weighted by Gasteiger charge is 2.30. The number of benzene rings is 3. The van der Waals surface area contributed by atoms with E-state index >= 15 is 0 Å². The molecule has 1 amide bonds. The molecule has 1 aliphatic heterocycles. The summed E-state index contributed by atoms with van der Waals surface area (Å²) in [5.41, 5.74) is 4.97. The summed E-state index contributed by atoms with van der Waals surface area (Å²) in [7, 11) is 1.34. The Morgan fingerprint density at radius 3 is 2.55 bits per heavy atom. The molecule has 1 saturated heterocycles. The zero-order chi connectivity index (χ0) is 26.8. The van der Waals surface area contributed by atoms with Gasteiger partial charge in [0.15, 0.2) is 0 Å². The van der Waals surface area contributed by atoms with E-state index in [9.17, 15) is 14.0 Å². The number of carbonyl (C=O) groups is 2. The van der Waals surface area contributed by atoms with E-state index in [0.29, 0.717) is 35.7 Å². The second-order valence-electron chi connectivity index (χ2n) is 9.06. The van der Waals surface area contributed by atoms with Crippen molar-refractivity contribution < 1.29 is 23.5 Å². The second kappa shape index (κ2) is 10.8. The van der Waals surface area contributed by atoms with Crippen LogP contribution in [0.1, 0.15) is 34.5 Å². The largest absolute Gasteiger partial charge is 0.488 e. The maximum absolute atomic E-state index is 13.4. The molecule has 5 rings (SSSR count). The first-order valence-corrected chi connectivity index (χ1v) is 13.0. The lowest BCUT2D eigenvalue weighted by Crippen LogP contribution is -2.28. The number of carbonyl (C=O) groups excluding carboxylic acids is 2. The van der Waals surface area contributed by atoms with Crippen LogP contribution in [-0.4, -0.2) is 30.1 Å². The average molecular weight is 577 g/mol. The summed E-state index contributed by atoms with van der Waals surface area (Å²) in [6, 6.07) is 21.3. The molecule has 0 aliphatic carbocycles. The lowest BCUT2D eigenvalue weighted by molar-refractivity contribution is -0.117. The SMILES string of the molecule is COC(=O)c1cccc(-n2c(C)ccc2-c2cc(Br)ccc2OCc2ccc(F)cc2)c1N1CCCC1=O. The smallest absolute Gasteiger partial charge is 0.340 e. The summed E-state index contributed by atoms with van der Waals surface area (Å²) in [4.78, 5) is 27.3. The van der Waals surface area contributed by atoms with Crippen molar-refractivity contribution in [2.24, 2.45) is 0 Å². The molecular weight excluding hydrogens is 551 g/mol. The van der Waals surface area contributed by atoms with Gasteiger partial charge in [-0.15, -0.1) is 0 Å². The fourth-order valence-electron chi connectivity index (χ4n) is 4.79. The minimum Gasteiger partial charge on any atom is -0.488 e. The third-order valence-corrected chi connectivity index (χ3v) is 7.10. The molecule has 0 saturated carbocycles. The Kier molecular flexibility index (Phi) is 7.33. The summed E-state index contributed by atoms with van der Waals surface area (Å²) in [6.07, 6.45) is 1.15. The molecule has 194 valence electrons. The summed E-state index contributed by atoms with van der Waals surface area (Å²) < 4.78 is 27.5. The van der Waals surface area contributed by atoms with Crippen molar-refractivity contribution in [1.82, 2.24) is 4.57 Å². The lowest BCUT2D eigenvalue weighted by Gasteiger charge is -2.25. The monoisotopic (exact) mass is 576 g/mol. The Morgan fingerprint density at radius 1 is 1.05 bits per heavy atom. The standard InChI is InChI=1S/C30H26BrFN2O4/c1-19-8-14-25(24-17-21(31)11-15-27(24)38-18-20-9-12-22(32)13-10-20)34(19)26-6-3-5-23(30(36)37-2)29(26)33-16-4-7-28(33)35/h3,5-6,8-15,17H,4,7,16,18H2,1-2H3. The molecule has 0 radical (unpaired) electrons. The Morgan fingerprint density at radius 2 is 1.84 bits per heavy atom. The summed E-state index contributed by atoms with van der Waals surface area (Å²) in [6.45, 7) is 2.76. The molecule has 1 aliphatic rings. The number of ether oxygens (including phenoxy) is 2. The molecule has 0 unspecified atom stereocenters. The van der Waals surface area contributed by atoms with Gasteiger partial charge in [0.25, 0.3) is 0 Å². The van der Waals surface area contributed by atoms with Gasteiger partial charge in [0.1, 0.15) is 18.2 Å². The van der Waals surface area contributed by atoms with Crippen molar-refractivity contribution in [2.45, 2.75) is 26.4 Å². The van der Waals surface area contributed by atoms with Gasteiger partial charge in [0, 0.05) is 28.7 Å². The quantitative estimate of drug-likeness (QED) is 0.226. The number of aryl methyl sites for hydroxylation is 1. The predicted molar refractivity (Wildman–Crippen MR) is 147 cm³/mol. The molecular formula is C30H26BrFN2O4. The van der Waals surface area contributed by atoms with Gasteiger partial charge in [0.2, 0.25) is 5.91 Å². The average Bonchev–Trinajstić information content (AvgIpc) is 3.52. The van der Waals surface area contributed by atoms with Crippen LogP contribution in [-0.2, 0) is 16.1 Å². The van der Waals surface area contributed by atoms with Gasteiger partial charge < -0.3 is 18.9 Å². The highest BCUT2D eigenvalue weighted by molar-refractivity contribution is 9.10. The number of rotatable bonds is 7. The summed E-state index contributed by atoms with van der Waals surface area (Å²) in [5, 5.41) is 0. The van der Waals surface area contributed by atoms with Gasteiger partial charge in [-0.05, 0) is 73.5 Å². The van der Waals surface area contributed by atoms with Crippen LogP contribution in [0, 0.1) is 12.7 Å². The number of halogens is 2. The van der Waals surface area contributed by atoms with Gasteiger partial charge in [-0.25, -0.2) is 9.18 Å². The van der Waals surface area contributed by atoms with Crippen LogP contribution in [0.5, 0.6) is 5.75 Å². The van der Waals surface area contributed by atoms with Crippen molar-refractivity contribution >= 4 is 33.5 Å². The van der Waals surface area contributed by atoms with Gasteiger partial charge in [0.05, 0.1) is 29.7 Å². The zero-order valence-electron chi connectivity index (χ0n) is 21.0. The number of para-hydroxylation sites is 1. The minimum absolute atomic E-state index is 0.0280. The van der Waals surface area contributed by atoms with E-state index in [2.05, 4.69) is 15.9 Å². The lowest BCUT2D eigenvalue weighted by atomic mass is 10.1. The topological polar surface area (TPSA) is 60.8 Å². The molecule has 6 nitrogen and oxygen atoms in total. The Labute approximate surface area is 228 Å². The molecule has 0 spiro atoms. The minimum atomic E-state index is -0.501. The highest BCUT2D eigenvalue weighted by Crippen LogP contribution is 2.40. The van der Waals surface area contributed by atoms with Crippen molar-refractivity contribution in [3.05, 3.63) is 99.9 Å². The number of amides is 1. The maximum Gasteiger partial charge on any atom is 0.340 e. The van der Waals surface area contributed by atoms with Crippen molar-refractivity contribution in [3.63, 3.8) is 0 Å². The van der Waals surface area contributed by atoms with E-state index in [0.717, 1.165) is 33.4 Å². The van der Waals surface area contributed by atoms with Crippen molar-refractivity contribution in [1.29, 1.82) is 0 Å². The van der Waals surface area contributed by atoms with Crippen LogP contribution in [0.4, 0.5) is 10.1 Å². The van der Waals surface area contributed by atoms with Crippen LogP contribution in [0.3, 0.4) is 0 Å². The van der Waals surface area contributed by atoms with Crippen LogP contribution in [0.2, 0.25) is 0 Å². The molecule has 1 fully saturated rings. The first-order valence-electron chi connectivity index (χ1n) is 12.2. The van der Waals surface area contributed by atoms with E-state index in [1.54, 1.807) is 29.2 Å². The fourth-order valence-corrected chi connectivity index (χ4v) is 5.15. The van der Waals surface area contributed by atoms with E-state index in [1.807, 2.05) is 47.9 Å². The Balaban J connectivity index is 1.64. The van der Waals surface area contributed by atoms with Crippen LogP contribution in [0.25, 0.3) is 16.9 Å². The first kappa shape index (κ1) is 25.7. The molecule has 1 aromatic heterocycles. The van der Waals surface area contributed by atoms with Gasteiger partial charge >= 0.3 is 5.97 Å². The highest BCUT2D eigenvalue weighted by atomic mass is 79.9. The number of anilines is 1. The second-order valence-corrected chi connectivity index (χ2v) is 9.98. The van der Waals surface area contributed by atoms with Crippen molar-refractivity contribution in [3.8, 4) is 22.7 Å². The molecule has 0 bridgehead atoms. The zero-order valence-corrected chi connectivity index (χ0v) is 22.6. The molecule has 4 aromatic rings. The normalized spacial score (nSPS) is 13.2. The molecule has 3 aromatic carbocycles. The number of esters is 1. The number of hydrogen-bond acceptors (Lipinski definition) is 4. The molecule has 0 atom stereocenters. The van der Waals surface area contributed by atoms with Crippen LogP contribution < -0.4 is 9.64 Å². The Hall–Kier alpha value is -3.91. The summed E-state index contributed by atoms with van der Waals surface area (Å²) >= 11 is 3.58. The third kappa shape index (κ3) is 4.96. The van der Waals surface area contributed by atoms with E-state index < -0.39 is 5.97 Å². The third-order valence-electron chi connectivity index (χ3n) is 6.61. The van der Waals surface area contributed by atoms with Crippen LogP contribution in [0.15, 0.2) is 77.3 Å². The van der Waals surface area contributed by atoms with Gasteiger partial charge in [-0.2, -0.15) is 0 Å². The van der Waals surface area contributed by atoms with Gasteiger partial charge in [-0.3, -0.25) is 4.79 Å². The van der Waals surface area contributed by atoms with Crippen molar-refractivity contribution in [2.75, 3.05) is 18.6 Å². The maximum atomic E-state index is 13.4. The molecule has 0 N–H and O–H groups in total. The van der Waals surface area contributed by atoms with E-state index in [-0.39, 0.29) is 18.3 Å². The molecule has 38 heavy (non-hydrogen) atoms. The Bertz CT molecular complexity index is 1510. The number of methoxy groups -OCH3 is 1. The fraction of sp³-hybridized carbons (Fsp3) is 0.200. The van der Waals surface area contributed by atoms with E-state index in [1.165, 1.54) is 19.2 Å². The van der Waals surface area contributed by atoms with Gasteiger partial charge in [-0.1, -0.05) is 34.1 Å².